The maximum Gasteiger partial charge on any atom is 0.166 e. The molecule has 3 heteroatoms. The highest BCUT2D eigenvalue weighted by Gasteiger charge is 2.29. The minimum absolute atomic E-state index is 0.150. The standard InChI is InChI=1S/C24H27O2S/c1-24(2,3)18-6-12-21(13-7-18)27(22-14-8-19(25-4)9-15-22)23-16-10-20(26-5)11-17-23/h6-17H,1-5H3/q+1. The molecule has 0 aliphatic heterocycles. The lowest BCUT2D eigenvalue weighted by Gasteiger charge is -2.19. The lowest BCUT2D eigenvalue weighted by Crippen LogP contribution is -2.11. The van der Waals surface area contributed by atoms with Crippen molar-refractivity contribution in [2.24, 2.45) is 0 Å². The van der Waals surface area contributed by atoms with Crippen molar-refractivity contribution in [2.75, 3.05) is 14.2 Å². The Morgan fingerprint density at radius 2 is 0.889 bits per heavy atom. The predicted octanol–water partition coefficient (Wildman–Crippen LogP) is 6.10. The number of ether oxygens (including phenoxy) is 2. The van der Waals surface area contributed by atoms with Gasteiger partial charge < -0.3 is 9.47 Å². The molecule has 3 aromatic carbocycles. The molecule has 3 rings (SSSR count). The average molecular weight is 380 g/mol. The van der Waals surface area contributed by atoms with Gasteiger partial charge in [-0.2, -0.15) is 0 Å². The zero-order valence-electron chi connectivity index (χ0n) is 16.7. The van der Waals surface area contributed by atoms with Gasteiger partial charge in [-0.1, -0.05) is 32.9 Å². The van der Waals surface area contributed by atoms with Crippen LogP contribution in [0.2, 0.25) is 0 Å². The van der Waals surface area contributed by atoms with E-state index in [1.807, 2.05) is 24.3 Å². The summed E-state index contributed by atoms with van der Waals surface area (Å²) in [5.41, 5.74) is 1.50. The van der Waals surface area contributed by atoms with Gasteiger partial charge in [0.1, 0.15) is 11.5 Å². The molecule has 3 aromatic rings. The molecule has 0 spiro atoms. The number of methoxy groups -OCH3 is 2. The number of hydrogen-bond donors (Lipinski definition) is 0. The molecule has 0 radical (unpaired) electrons. The van der Waals surface area contributed by atoms with Gasteiger partial charge in [-0.3, -0.25) is 0 Å². The molecule has 0 aliphatic carbocycles. The van der Waals surface area contributed by atoms with Crippen LogP contribution in [0.4, 0.5) is 0 Å². The fourth-order valence-corrected chi connectivity index (χ4v) is 4.96. The zero-order valence-corrected chi connectivity index (χ0v) is 17.5. The van der Waals surface area contributed by atoms with Crippen molar-refractivity contribution in [3.63, 3.8) is 0 Å². The van der Waals surface area contributed by atoms with E-state index < -0.39 is 0 Å². The third-order valence-electron chi connectivity index (χ3n) is 4.55. The van der Waals surface area contributed by atoms with Crippen LogP contribution in [0.1, 0.15) is 26.3 Å². The third kappa shape index (κ3) is 4.48. The quantitative estimate of drug-likeness (QED) is 0.499. The van der Waals surface area contributed by atoms with Crippen LogP contribution in [0.25, 0.3) is 0 Å². The topological polar surface area (TPSA) is 18.5 Å². The molecule has 0 aromatic heterocycles. The molecule has 27 heavy (non-hydrogen) atoms. The summed E-state index contributed by atoms with van der Waals surface area (Å²) >= 11 is 0. The Morgan fingerprint density at radius 3 is 1.19 bits per heavy atom. The summed E-state index contributed by atoms with van der Waals surface area (Å²) < 4.78 is 10.7. The molecular weight excluding hydrogens is 352 g/mol. The Bertz CT molecular complexity index is 813. The van der Waals surface area contributed by atoms with Crippen molar-refractivity contribution in [3.8, 4) is 11.5 Å². The molecule has 0 fully saturated rings. The Hall–Kier alpha value is -2.39. The van der Waals surface area contributed by atoms with Crippen molar-refractivity contribution in [3.05, 3.63) is 78.4 Å². The van der Waals surface area contributed by atoms with E-state index >= 15 is 0 Å². The lowest BCUT2D eigenvalue weighted by molar-refractivity contribution is 0.414. The summed E-state index contributed by atoms with van der Waals surface area (Å²) in [6.07, 6.45) is 0. The van der Waals surface area contributed by atoms with Crippen LogP contribution in [0.5, 0.6) is 11.5 Å². The maximum atomic E-state index is 5.33. The first-order chi connectivity index (χ1) is 12.9. The Labute approximate surface area is 165 Å². The summed E-state index contributed by atoms with van der Waals surface area (Å²) in [6.45, 7) is 6.73. The van der Waals surface area contributed by atoms with Gasteiger partial charge in [-0.05, 0) is 71.6 Å². The van der Waals surface area contributed by atoms with Crippen LogP contribution in [-0.4, -0.2) is 14.2 Å². The first-order valence-electron chi connectivity index (χ1n) is 9.05. The van der Waals surface area contributed by atoms with Gasteiger partial charge in [0, 0.05) is 0 Å². The molecule has 0 amide bonds. The molecule has 2 nitrogen and oxygen atoms in total. The summed E-state index contributed by atoms with van der Waals surface area (Å²) in [5, 5.41) is 0. The van der Waals surface area contributed by atoms with Gasteiger partial charge in [0.25, 0.3) is 0 Å². The second kappa shape index (κ2) is 8.10. The van der Waals surface area contributed by atoms with Gasteiger partial charge in [0.05, 0.1) is 25.1 Å². The zero-order chi connectivity index (χ0) is 19.4. The second-order valence-electron chi connectivity index (χ2n) is 7.43. The highest BCUT2D eigenvalue weighted by atomic mass is 32.2. The van der Waals surface area contributed by atoms with Crippen molar-refractivity contribution in [1.29, 1.82) is 0 Å². The van der Waals surface area contributed by atoms with Crippen LogP contribution in [-0.2, 0) is 16.3 Å². The van der Waals surface area contributed by atoms with E-state index in [0.29, 0.717) is 0 Å². The van der Waals surface area contributed by atoms with Crippen molar-refractivity contribution < 1.29 is 9.47 Å². The molecular formula is C24H27O2S+. The first kappa shape index (κ1) is 19.4. The normalized spacial score (nSPS) is 11.5. The maximum absolute atomic E-state index is 5.33. The summed E-state index contributed by atoms with van der Waals surface area (Å²) in [6, 6.07) is 25.8. The summed E-state index contributed by atoms with van der Waals surface area (Å²) in [5.74, 6) is 1.75. The molecule has 0 saturated carbocycles. The molecule has 0 bridgehead atoms. The van der Waals surface area contributed by atoms with Gasteiger partial charge in [-0.15, -0.1) is 0 Å². The minimum Gasteiger partial charge on any atom is -0.497 e. The molecule has 0 aliphatic rings. The number of hydrogen-bond acceptors (Lipinski definition) is 2. The molecule has 140 valence electrons. The van der Waals surface area contributed by atoms with E-state index in [1.165, 1.54) is 20.2 Å². The smallest absolute Gasteiger partial charge is 0.166 e. The van der Waals surface area contributed by atoms with E-state index in [-0.39, 0.29) is 16.3 Å². The van der Waals surface area contributed by atoms with E-state index in [1.54, 1.807) is 14.2 Å². The SMILES string of the molecule is COc1ccc([S+](c2ccc(OC)cc2)c2ccc(C(C)(C)C)cc2)cc1. The highest BCUT2D eigenvalue weighted by Crippen LogP contribution is 2.34. The van der Waals surface area contributed by atoms with Crippen LogP contribution < -0.4 is 9.47 Å². The Kier molecular flexibility index (Phi) is 5.81. The molecule has 0 unspecified atom stereocenters. The van der Waals surface area contributed by atoms with Crippen LogP contribution in [0.3, 0.4) is 0 Å². The first-order valence-corrected chi connectivity index (χ1v) is 10.3. The van der Waals surface area contributed by atoms with E-state index in [4.69, 9.17) is 9.47 Å². The van der Waals surface area contributed by atoms with Gasteiger partial charge in [0.15, 0.2) is 14.7 Å². The van der Waals surface area contributed by atoms with Crippen molar-refractivity contribution in [2.45, 2.75) is 40.9 Å². The van der Waals surface area contributed by atoms with E-state index in [0.717, 1.165) is 11.5 Å². The van der Waals surface area contributed by atoms with Gasteiger partial charge in [-0.25, -0.2) is 0 Å². The van der Waals surface area contributed by atoms with Crippen LogP contribution in [0, 0.1) is 0 Å². The van der Waals surface area contributed by atoms with E-state index in [2.05, 4.69) is 69.3 Å². The minimum atomic E-state index is -0.181. The summed E-state index contributed by atoms with van der Waals surface area (Å²) in [4.78, 5) is 3.84. The van der Waals surface area contributed by atoms with Crippen molar-refractivity contribution >= 4 is 10.9 Å². The fraction of sp³-hybridized carbons (Fsp3) is 0.250. The highest BCUT2D eigenvalue weighted by molar-refractivity contribution is 7.97. The molecule has 0 atom stereocenters. The van der Waals surface area contributed by atoms with E-state index in [9.17, 15) is 0 Å². The van der Waals surface area contributed by atoms with Crippen LogP contribution in [0.15, 0.2) is 87.5 Å². The predicted molar refractivity (Wildman–Crippen MR) is 113 cm³/mol. The molecule has 0 heterocycles. The summed E-state index contributed by atoms with van der Waals surface area (Å²) in [7, 11) is 3.21. The molecule has 0 N–H and O–H groups in total. The largest absolute Gasteiger partial charge is 0.497 e. The Balaban J connectivity index is 2.05. The van der Waals surface area contributed by atoms with Crippen LogP contribution >= 0.6 is 0 Å². The second-order valence-corrected chi connectivity index (χ2v) is 9.46. The van der Waals surface area contributed by atoms with Crippen molar-refractivity contribution in [1.82, 2.24) is 0 Å². The lowest BCUT2D eigenvalue weighted by atomic mass is 9.87. The van der Waals surface area contributed by atoms with Gasteiger partial charge >= 0.3 is 0 Å². The number of benzene rings is 3. The monoisotopic (exact) mass is 379 g/mol. The third-order valence-corrected chi connectivity index (χ3v) is 6.78. The average Bonchev–Trinajstić information content (AvgIpc) is 2.69. The number of rotatable bonds is 5. The molecule has 0 saturated heterocycles. The Morgan fingerprint density at radius 1 is 0.556 bits per heavy atom. The van der Waals surface area contributed by atoms with Gasteiger partial charge in [0.2, 0.25) is 0 Å². The fourth-order valence-electron chi connectivity index (χ4n) is 2.92.